The number of rotatable bonds is 4. The normalized spacial score (nSPS) is 10.1. The van der Waals surface area contributed by atoms with Crippen LogP contribution in [0.3, 0.4) is 0 Å². The lowest BCUT2D eigenvalue weighted by Gasteiger charge is -2.05. The average Bonchev–Trinajstić information content (AvgIpc) is 2.37. The third kappa shape index (κ3) is 3.14. The molecule has 0 saturated carbocycles. The molecular formula is C11H9ClN4O2. The Morgan fingerprint density at radius 1 is 1.33 bits per heavy atom. The first-order chi connectivity index (χ1) is 8.65. The summed E-state index contributed by atoms with van der Waals surface area (Å²) in [6, 6.07) is 7.98. The SMILES string of the molecule is O=[N+]([O-])c1cccc(CNc2cc(Cl)ncn2)c1. The van der Waals surface area contributed by atoms with E-state index in [1.807, 2.05) is 0 Å². The molecule has 18 heavy (non-hydrogen) atoms. The summed E-state index contributed by atoms with van der Waals surface area (Å²) in [6.07, 6.45) is 1.35. The molecule has 2 rings (SSSR count). The van der Waals surface area contributed by atoms with Crippen molar-refractivity contribution in [3.63, 3.8) is 0 Å². The largest absolute Gasteiger partial charge is 0.366 e. The summed E-state index contributed by atoms with van der Waals surface area (Å²) in [6.45, 7) is 0.426. The molecule has 1 N–H and O–H groups in total. The predicted octanol–water partition coefficient (Wildman–Crippen LogP) is 2.65. The second-order valence-electron chi connectivity index (χ2n) is 3.51. The van der Waals surface area contributed by atoms with E-state index in [-0.39, 0.29) is 5.69 Å². The maximum Gasteiger partial charge on any atom is 0.269 e. The first-order valence-electron chi connectivity index (χ1n) is 5.10. The molecular weight excluding hydrogens is 256 g/mol. The first kappa shape index (κ1) is 12.3. The maximum absolute atomic E-state index is 10.6. The molecule has 0 aliphatic rings. The Hall–Kier alpha value is -2.21. The van der Waals surface area contributed by atoms with Gasteiger partial charge in [-0.1, -0.05) is 23.7 Å². The molecule has 7 heteroatoms. The number of benzene rings is 1. The van der Waals surface area contributed by atoms with Gasteiger partial charge in [0.05, 0.1) is 4.92 Å². The van der Waals surface area contributed by atoms with E-state index >= 15 is 0 Å². The summed E-state index contributed by atoms with van der Waals surface area (Å²) in [7, 11) is 0. The molecule has 0 saturated heterocycles. The lowest BCUT2D eigenvalue weighted by Crippen LogP contribution is -2.02. The fourth-order valence-corrected chi connectivity index (χ4v) is 1.55. The van der Waals surface area contributed by atoms with Crippen molar-refractivity contribution in [3.8, 4) is 0 Å². The maximum atomic E-state index is 10.6. The number of halogens is 1. The molecule has 1 aromatic carbocycles. The fraction of sp³-hybridized carbons (Fsp3) is 0.0909. The van der Waals surface area contributed by atoms with Crippen molar-refractivity contribution in [2.45, 2.75) is 6.54 Å². The summed E-state index contributed by atoms with van der Waals surface area (Å²) in [4.78, 5) is 17.9. The van der Waals surface area contributed by atoms with Gasteiger partial charge in [0.1, 0.15) is 17.3 Å². The number of non-ortho nitro benzene ring substituents is 1. The number of nitrogens with one attached hydrogen (secondary N) is 1. The van der Waals surface area contributed by atoms with Crippen LogP contribution in [0, 0.1) is 10.1 Å². The van der Waals surface area contributed by atoms with Crippen molar-refractivity contribution in [2.24, 2.45) is 0 Å². The van der Waals surface area contributed by atoms with E-state index in [0.717, 1.165) is 5.56 Å². The summed E-state index contributed by atoms with van der Waals surface area (Å²) >= 11 is 5.71. The van der Waals surface area contributed by atoms with Crippen molar-refractivity contribution in [1.29, 1.82) is 0 Å². The van der Waals surface area contributed by atoms with Crippen LogP contribution in [-0.4, -0.2) is 14.9 Å². The van der Waals surface area contributed by atoms with E-state index in [1.54, 1.807) is 18.2 Å². The standard InChI is InChI=1S/C11H9ClN4O2/c12-10-5-11(15-7-14-10)13-6-8-2-1-3-9(4-8)16(17)18/h1-5,7H,6H2,(H,13,14,15). The van der Waals surface area contributed by atoms with E-state index in [4.69, 9.17) is 11.6 Å². The topological polar surface area (TPSA) is 81.0 Å². The minimum Gasteiger partial charge on any atom is -0.366 e. The van der Waals surface area contributed by atoms with Gasteiger partial charge in [-0.2, -0.15) is 0 Å². The number of aromatic nitrogens is 2. The molecule has 0 amide bonds. The van der Waals surface area contributed by atoms with Gasteiger partial charge < -0.3 is 5.32 Å². The highest BCUT2D eigenvalue weighted by Crippen LogP contribution is 2.15. The quantitative estimate of drug-likeness (QED) is 0.522. The van der Waals surface area contributed by atoms with Crippen LogP contribution in [0.25, 0.3) is 0 Å². The minimum atomic E-state index is -0.426. The monoisotopic (exact) mass is 264 g/mol. The highest BCUT2D eigenvalue weighted by Gasteiger charge is 2.05. The molecule has 92 valence electrons. The van der Waals surface area contributed by atoms with Crippen molar-refractivity contribution in [3.05, 3.63) is 57.5 Å². The Morgan fingerprint density at radius 3 is 2.89 bits per heavy atom. The Morgan fingerprint density at radius 2 is 2.17 bits per heavy atom. The average molecular weight is 265 g/mol. The number of nitro benzene ring substituents is 1. The molecule has 0 radical (unpaired) electrons. The van der Waals surface area contributed by atoms with Gasteiger partial charge in [0.25, 0.3) is 5.69 Å². The van der Waals surface area contributed by atoms with Crippen LogP contribution >= 0.6 is 11.6 Å². The predicted molar refractivity (Wildman–Crippen MR) is 67.5 cm³/mol. The highest BCUT2D eigenvalue weighted by molar-refractivity contribution is 6.29. The van der Waals surface area contributed by atoms with Gasteiger partial charge in [-0.25, -0.2) is 9.97 Å². The third-order valence-electron chi connectivity index (χ3n) is 2.23. The first-order valence-corrected chi connectivity index (χ1v) is 5.48. The van der Waals surface area contributed by atoms with Crippen LogP contribution in [0.1, 0.15) is 5.56 Å². The zero-order valence-electron chi connectivity index (χ0n) is 9.21. The van der Waals surface area contributed by atoms with E-state index in [1.165, 1.54) is 18.5 Å². The molecule has 0 bridgehead atoms. The van der Waals surface area contributed by atoms with Gasteiger partial charge in [-0.05, 0) is 5.56 Å². The van der Waals surface area contributed by atoms with E-state index in [9.17, 15) is 10.1 Å². The lowest BCUT2D eigenvalue weighted by atomic mass is 10.2. The van der Waals surface area contributed by atoms with Gasteiger partial charge in [-0.3, -0.25) is 10.1 Å². The van der Waals surface area contributed by atoms with Crippen molar-refractivity contribution < 1.29 is 4.92 Å². The molecule has 0 atom stereocenters. The van der Waals surface area contributed by atoms with E-state index < -0.39 is 4.92 Å². The zero-order chi connectivity index (χ0) is 13.0. The lowest BCUT2D eigenvalue weighted by molar-refractivity contribution is -0.384. The Balaban J connectivity index is 2.06. The molecule has 0 unspecified atom stereocenters. The number of hydrogen-bond donors (Lipinski definition) is 1. The summed E-state index contributed by atoms with van der Waals surface area (Å²) in [5, 5.41) is 14.0. The smallest absolute Gasteiger partial charge is 0.269 e. The van der Waals surface area contributed by atoms with Gasteiger partial charge in [0.2, 0.25) is 0 Å². The van der Waals surface area contributed by atoms with E-state index in [2.05, 4.69) is 15.3 Å². The van der Waals surface area contributed by atoms with Crippen molar-refractivity contribution in [2.75, 3.05) is 5.32 Å². The molecule has 0 aliphatic heterocycles. The molecule has 0 aliphatic carbocycles. The van der Waals surface area contributed by atoms with Crippen LogP contribution in [-0.2, 0) is 6.54 Å². The molecule has 0 spiro atoms. The van der Waals surface area contributed by atoms with Crippen LogP contribution < -0.4 is 5.32 Å². The van der Waals surface area contributed by atoms with Gasteiger partial charge in [0, 0.05) is 24.7 Å². The fourth-order valence-electron chi connectivity index (χ4n) is 1.40. The number of anilines is 1. The molecule has 1 heterocycles. The molecule has 1 aromatic heterocycles. The van der Waals surface area contributed by atoms with Crippen molar-refractivity contribution >= 4 is 23.1 Å². The van der Waals surface area contributed by atoms with Crippen LogP contribution in [0.5, 0.6) is 0 Å². The van der Waals surface area contributed by atoms with Crippen LogP contribution in [0.4, 0.5) is 11.5 Å². The second-order valence-corrected chi connectivity index (χ2v) is 3.89. The third-order valence-corrected chi connectivity index (χ3v) is 2.44. The summed E-state index contributed by atoms with van der Waals surface area (Å²) < 4.78 is 0. The van der Waals surface area contributed by atoms with Crippen LogP contribution in [0.15, 0.2) is 36.7 Å². The van der Waals surface area contributed by atoms with Crippen molar-refractivity contribution in [1.82, 2.24) is 9.97 Å². The van der Waals surface area contributed by atoms with Crippen LogP contribution in [0.2, 0.25) is 5.15 Å². The highest BCUT2D eigenvalue weighted by atomic mass is 35.5. The molecule has 0 fully saturated rings. The number of nitrogens with zero attached hydrogens (tertiary/aromatic N) is 3. The van der Waals surface area contributed by atoms with Gasteiger partial charge >= 0.3 is 0 Å². The number of hydrogen-bond acceptors (Lipinski definition) is 5. The van der Waals surface area contributed by atoms with E-state index in [0.29, 0.717) is 17.5 Å². The number of nitro groups is 1. The molecule has 6 nitrogen and oxygen atoms in total. The van der Waals surface area contributed by atoms with Gasteiger partial charge in [0.15, 0.2) is 0 Å². The molecule has 2 aromatic rings. The summed E-state index contributed by atoms with van der Waals surface area (Å²) in [5.41, 5.74) is 0.856. The minimum absolute atomic E-state index is 0.0648. The summed E-state index contributed by atoms with van der Waals surface area (Å²) in [5.74, 6) is 0.571. The Labute approximate surface area is 108 Å². The Kier molecular flexibility index (Phi) is 3.69. The Bertz CT molecular complexity index is 576. The zero-order valence-corrected chi connectivity index (χ0v) is 9.96. The van der Waals surface area contributed by atoms with Gasteiger partial charge in [-0.15, -0.1) is 0 Å². The second kappa shape index (κ2) is 5.42.